The Balaban J connectivity index is 2.41. The van der Waals surface area contributed by atoms with Gasteiger partial charge in [-0.1, -0.05) is 19.1 Å². The third-order valence-electron chi connectivity index (χ3n) is 3.77. The van der Waals surface area contributed by atoms with E-state index in [9.17, 15) is 13.5 Å². The van der Waals surface area contributed by atoms with E-state index in [2.05, 4.69) is 0 Å². The van der Waals surface area contributed by atoms with Crippen LogP contribution in [0.3, 0.4) is 0 Å². The first-order chi connectivity index (χ1) is 9.50. The van der Waals surface area contributed by atoms with E-state index in [1.807, 2.05) is 6.92 Å². The van der Waals surface area contributed by atoms with Crippen molar-refractivity contribution in [1.82, 2.24) is 4.31 Å². The third-order valence-corrected chi connectivity index (χ3v) is 5.76. The van der Waals surface area contributed by atoms with Gasteiger partial charge in [-0.05, 0) is 30.0 Å². The molecule has 1 aliphatic rings. The summed E-state index contributed by atoms with van der Waals surface area (Å²) < 4.78 is 32.2. The smallest absolute Gasteiger partial charge is 0.243 e. The molecule has 6 heteroatoms. The Morgan fingerprint density at radius 1 is 1.45 bits per heavy atom. The zero-order valence-corrected chi connectivity index (χ0v) is 12.7. The van der Waals surface area contributed by atoms with Gasteiger partial charge in [-0.3, -0.25) is 0 Å². The van der Waals surface area contributed by atoms with Crippen LogP contribution >= 0.6 is 0 Å². The number of hydrogen-bond donors (Lipinski definition) is 1. The van der Waals surface area contributed by atoms with Crippen molar-refractivity contribution in [3.63, 3.8) is 0 Å². The van der Waals surface area contributed by atoms with Crippen LogP contribution in [-0.2, 0) is 27.8 Å². The lowest BCUT2D eigenvalue weighted by atomic mass is 10.1. The molecule has 1 N–H and O–H groups in total. The minimum atomic E-state index is -3.56. The Kier molecular flexibility index (Phi) is 4.80. The summed E-state index contributed by atoms with van der Waals surface area (Å²) in [5.74, 6) is 0. The normalized spacial score (nSPS) is 19.7. The molecule has 0 radical (unpaired) electrons. The zero-order valence-electron chi connectivity index (χ0n) is 11.9. The molecule has 0 aliphatic carbocycles. The fourth-order valence-electron chi connectivity index (χ4n) is 2.39. The molecule has 0 aromatic heterocycles. The lowest BCUT2D eigenvalue weighted by Crippen LogP contribution is -2.37. The average molecular weight is 299 g/mol. The topological polar surface area (TPSA) is 66.8 Å². The van der Waals surface area contributed by atoms with Crippen LogP contribution in [0.2, 0.25) is 0 Å². The summed E-state index contributed by atoms with van der Waals surface area (Å²) in [6.07, 6.45) is 1.35. The second-order valence-corrected chi connectivity index (χ2v) is 6.96. The number of nitrogens with zero attached hydrogens (tertiary/aromatic N) is 1. The molecule has 2 rings (SSSR count). The third kappa shape index (κ3) is 2.88. The summed E-state index contributed by atoms with van der Waals surface area (Å²) >= 11 is 0. The molecule has 1 fully saturated rings. The van der Waals surface area contributed by atoms with Gasteiger partial charge < -0.3 is 9.84 Å². The molecule has 0 bridgehead atoms. The van der Waals surface area contributed by atoms with Gasteiger partial charge in [0.1, 0.15) is 0 Å². The summed E-state index contributed by atoms with van der Waals surface area (Å²) in [6.45, 7) is 2.80. The highest BCUT2D eigenvalue weighted by molar-refractivity contribution is 7.89. The molecule has 1 aromatic rings. The number of benzene rings is 1. The van der Waals surface area contributed by atoms with Crippen molar-refractivity contribution in [1.29, 1.82) is 0 Å². The quantitative estimate of drug-likeness (QED) is 0.886. The highest BCUT2D eigenvalue weighted by Gasteiger charge is 2.31. The number of aliphatic hydroxyl groups excluding tert-OH is 1. The van der Waals surface area contributed by atoms with Crippen molar-refractivity contribution >= 4 is 10.0 Å². The number of hydrogen-bond acceptors (Lipinski definition) is 4. The predicted molar refractivity (Wildman–Crippen MR) is 75.9 cm³/mol. The van der Waals surface area contributed by atoms with Crippen LogP contribution in [0.15, 0.2) is 23.1 Å². The van der Waals surface area contributed by atoms with Crippen LogP contribution in [0.25, 0.3) is 0 Å². The molecule has 5 nitrogen and oxygen atoms in total. The van der Waals surface area contributed by atoms with Gasteiger partial charge >= 0.3 is 0 Å². The van der Waals surface area contributed by atoms with Gasteiger partial charge in [-0.25, -0.2) is 8.42 Å². The van der Waals surface area contributed by atoms with Gasteiger partial charge in [0.15, 0.2) is 0 Å². The van der Waals surface area contributed by atoms with E-state index < -0.39 is 10.0 Å². The number of ether oxygens (including phenoxy) is 1. The number of likely N-dealkylation sites (N-methyl/N-ethyl adjacent to an activating group) is 1. The van der Waals surface area contributed by atoms with E-state index >= 15 is 0 Å². The number of sulfonamides is 1. The molecular formula is C14H21NO4S. The van der Waals surface area contributed by atoms with Crippen LogP contribution in [-0.4, -0.2) is 44.1 Å². The Morgan fingerprint density at radius 3 is 2.75 bits per heavy atom. The van der Waals surface area contributed by atoms with Crippen LogP contribution < -0.4 is 0 Å². The summed E-state index contributed by atoms with van der Waals surface area (Å²) in [7, 11) is -1.96. The monoisotopic (exact) mass is 299 g/mol. The molecule has 1 atom stereocenters. The molecule has 1 aliphatic heterocycles. The Morgan fingerprint density at radius 2 is 2.20 bits per heavy atom. The van der Waals surface area contributed by atoms with Gasteiger partial charge in [0.2, 0.25) is 10.0 Å². The van der Waals surface area contributed by atoms with E-state index in [4.69, 9.17) is 4.74 Å². The SMILES string of the molecule is CCc1ccc(CO)cc1S(=O)(=O)N(C)C1CCOC1. The van der Waals surface area contributed by atoms with Gasteiger partial charge in [0, 0.05) is 13.7 Å². The largest absolute Gasteiger partial charge is 0.392 e. The molecule has 1 unspecified atom stereocenters. The molecule has 112 valence electrons. The molecule has 0 saturated carbocycles. The fraction of sp³-hybridized carbons (Fsp3) is 0.571. The summed E-state index contributed by atoms with van der Waals surface area (Å²) in [5.41, 5.74) is 1.38. The molecule has 1 saturated heterocycles. The lowest BCUT2D eigenvalue weighted by molar-refractivity contribution is 0.181. The first-order valence-electron chi connectivity index (χ1n) is 6.79. The summed E-state index contributed by atoms with van der Waals surface area (Å²) in [5, 5.41) is 9.21. The maximum absolute atomic E-state index is 12.8. The van der Waals surface area contributed by atoms with E-state index in [-0.39, 0.29) is 12.6 Å². The van der Waals surface area contributed by atoms with Crippen LogP contribution in [0.1, 0.15) is 24.5 Å². The minimum Gasteiger partial charge on any atom is -0.392 e. The lowest BCUT2D eigenvalue weighted by Gasteiger charge is -2.24. The van der Waals surface area contributed by atoms with Crippen molar-refractivity contribution in [2.45, 2.75) is 37.3 Å². The summed E-state index contributed by atoms with van der Waals surface area (Å²) in [6, 6.07) is 5.00. The van der Waals surface area contributed by atoms with Gasteiger partial charge in [-0.15, -0.1) is 0 Å². The van der Waals surface area contributed by atoms with E-state index in [1.54, 1.807) is 25.2 Å². The highest BCUT2D eigenvalue weighted by Crippen LogP contribution is 2.25. The maximum atomic E-state index is 12.8. The first-order valence-corrected chi connectivity index (χ1v) is 8.23. The minimum absolute atomic E-state index is 0.109. The van der Waals surface area contributed by atoms with Gasteiger partial charge in [0.25, 0.3) is 0 Å². The van der Waals surface area contributed by atoms with Crippen LogP contribution in [0, 0.1) is 0 Å². The second-order valence-electron chi connectivity index (χ2n) is 4.99. The first kappa shape index (κ1) is 15.4. The Bertz CT molecular complexity index is 565. The Hall–Kier alpha value is -0.950. The fourth-order valence-corrected chi connectivity index (χ4v) is 4.10. The molecule has 0 amide bonds. The number of aliphatic hydroxyl groups is 1. The molecular weight excluding hydrogens is 278 g/mol. The van der Waals surface area contributed by atoms with E-state index in [0.29, 0.717) is 30.1 Å². The van der Waals surface area contributed by atoms with Crippen molar-refractivity contribution in [3.8, 4) is 0 Å². The predicted octanol–water partition coefficient (Wildman–Crippen LogP) is 1.15. The van der Waals surface area contributed by atoms with Crippen molar-refractivity contribution in [3.05, 3.63) is 29.3 Å². The summed E-state index contributed by atoms with van der Waals surface area (Å²) in [4.78, 5) is 0.293. The maximum Gasteiger partial charge on any atom is 0.243 e. The average Bonchev–Trinajstić information content (AvgIpc) is 2.99. The van der Waals surface area contributed by atoms with Crippen molar-refractivity contribution in [2.75, 3.05) is 20.3 Å². The highest BCUT2D eigenvalue weighted by atomic mass is 32.2. The van der Waals surface area contributed by atoms with Crippen LogP contribution in [0.5, 0.6) is 0 Å². The van der Waals surface area contributed by atoms with Crippen molar-refractivity contribution in [2.24, 2.45) is 0 Å². The number of rotatable bonds is 5. The molecule has 1 aromatic carbocycles. The second kappa shape index (κ2) is 6.22. The van der Waals surface area contributed by atoms with Crippen molar-refractivity contribution < 1.29 is 18.3 Å². The van der Waals surface area contributed by atoms with E-state index in [0.717, 1.165) is 12.0 Å². The number of aryl methyl sites for hydroxylation is 1. The molecule has 20 heavy (non-hydrogen) atoms. The van der Waals surface area contributed by atoms with E-state index in [1.165, 1.54) is 4.31 Å². The zero-order chi connectivity index (χ0) is 14.8. The molecule has 1 heterocycles. The Labute approximate surface area is 120 Å². The van der Waals surface area contributed by atoms with Crippen LogP contribution in [0.4, 0.5) is 0 Å². The standard InChI is InChI=1S/C14H21NO4S/c1-3-12-5-4-11(9-16)8-14(12)20(17,18)15(2)13-6-7-19-10-13/h4-5,8,13,16H,3,6-7,9-10H2,1-2H3. The van der Waals surface area contributed by atoms with Gasteiger partial charge in [-0.2, -0.15) is 4.31 Å². The molecule has 0 spiro atoms. The van der Waals surface area contributed by atoms with Gasteiger partial charge in [0.05, 0.1) is 24.2 Å².